The number of methoxy groups -OCH3 is 1. The number of aliphatic carboxylic acids is 1. The highest BCUT2D eigenvalue weighted by atomic mass is 32.1. The zero-order valence-corrected chi connectivity index (χ0v) is 24.7. The molecule has 4 heterocycles. The Morgan fingerprint density at radius 1 is 1.21 bits per heavy atom. The second kappa shape index (κ2) is 10.8. The minimum Gasteiger partial charge on any atom is -0.496 e. The molecule has 4 aromatic rings. The molecule has 1 aliphatic carbocycles. The molecule has 0 radical (unpaired) electrons. The van der Waals surface area contributed by atoms with E-state index in [1.165, 1.54) is 42.2 Å². The summed E-state index contributed by atoms with van der Waals surface area (Å²) in [5, 5.41) is 10.3. The predicted octanol–water partition coefficient (Wildman–Crippen LogP) is 4.20. The fourth-order valence-corrected chi connectivity index (χ4v) is 7.47. The number of ether oxygens (including phenoxy) is 3. The van der Waals surface area contributed by atoms with Crippen LogP contribution in [0.2, 0.25) is 0 Å². The lowest BCUT2D eigenvalue weighted by molar-refractivity contribution is -0.146. The number of hydrogen-bond acceptors (Lipinski definition) is 9. The molecule has 1 saturated carbocycles. The van der Waals surface area contributed by atoms with Crippen LogP contribution >= 0.6 is 11.3 Å². The average Bonchev–Trinajstić information content (AvgIpc) is 3.75. The monoisotopic (exact) mass is 595 g/mol. The van der Waals surface area contributed by atoms with Crippen molar-refractivity contribution in [3.63, 3.8) is 0 Å². The fraction of sp³-hybridized carbons (Fsp3) is 0.467. The van der Waals surface area contributed by atoms with Crippen molar-refractivity contribution in [2.24, 2.45) is 11.8 Å². The summed E-state index contributed by atoms with van der Waals surface area (Å²) >= 11 is 1.21. The number of hydrogen-bond donors (Lipinski definition) is 1. The number of benzene rings is 1. The molecule has 11 nitrogen and oxygen atoms in total. The van der Waals surface area contributed by atoms with Crippen LogP contribution in [0, 0.1) is 18.8 Å². The highest BCUT2D eigenvalue weighted by molar-refractivity contribution is 7.22. The summed E-state index contributed by atoms with van der Waals surface area (Å²) in [6.45, 7) is 5.91. The van der Waals surface area contributed by atoms with Gasteiger partial charge in [-0.15, -0.1) is 11.3 Å². The maximum atomic E-state index is 14.2. The summed E-state index contributed by atoms with van der Waals surface area (Å²) in [5.41, 5.74) is -1.91. The Labute approximate surface area is 245 Å². The highest BCUT2D eigenvalue weighted by Crippen LogP contribution is 2.42. The largest absolute Gasteiger partial charge is 0.496 e. The smallest absolute Gasteiger partial charge is 0.333 e. The summed E-state index contributed by atoms with van der Waals surface area (Å²) < 4.78 is 25.9. The van der Waals surface area contributed by atoms with Crippen LogP contribution in [0.4, 0.5) is 0 Å². The van der Waals surface area contributed by atoms with Crippen LogP contribution in [-0.2, 0) is 26.4 Å². The molecule has 42 heavy (non-hydrogen) atoms. The number of carbonyl (C=O) groups is 1. The summed E-state index contributed by atoms with van der Waals surface area (Å²) in [6.07, 6.45) is 3.95. The van der Waals surface area contributed by atoms with E-state index in [2.05, 4.69) is 4.98 Å². The number of thiophene rings is 1. The maximum Gasteiger partial charge on any atom is 0.333 e. The first-order chi connectivity index (χ1) is 20.1. The van der Waals surface area contributed by atoms with Crippen molar-refractivity contribution in [1.29, 1.82) is 0 Å². The zero-order valence-electron chi connectivity index (χ0n) is 23.9. The van der Waals surface area contributed by atoms with Gasteiger partial charge in [0.15, 0.2) is 0 Å². The molecule has 6 rings (SSSR count). The molecule has 1 N–H and O–H groups in total. The Morgan fingerprint density at radius 2 is 1.93 bits per heavy atom. The van der Waals surface area contributed by atoms with Gasteiger partial charge in [0, 0.05) is 18.8 Å². The van der Waals surface area contributed by atoms with Gasteiger partial charge in [-0.25, -0.2) is 19.1 Å². The van der Waals surface area contributed by atoms with Gasteiger partial charge >= 0.3 is 11.7 Å². The third-order valence-electron chi connectivity index (χ3n) is 8.57. The topological polar surface area (TPSA) is 135 Å². The predicted molar refractivity (Wildman–Crippen MR) is 155 cm³/mol. The summed E-state index contributed by atoms with van der Waals surface area (Å²) in [6, 6.07) is 7.49. The number of nitrogens with zero attached hydrogens (tertiary/aromatic N) is 3. The van der Waals surface area contributed by atoms with Crippen molar-refractivity contribution < 1.29 is 28.5 Å². The second-order valence-corrected chi connectivity index (χ2v) is 12.5. The van der Waals surface area contributed by atoms with Crippen LogP contribution < -0.4 is 16.0 Å². The molecule has 0 unspecified atom stereocenters. The van der Waals surface area contributed by atoms with Crippen molar-refractivity contribution in [3.05, 3.63) is 68.7 Å². The first-order valence-corrected chi connectivity index (χ1v) is 14.7. The number of aromatic nitrogens is 3. The van der Waals surface area contributed by atoms with Crippen molar-refractivity contribution >= 4 is 27.5 Å². The van der Waals surface area contributed by atoms with Gasteiger partial charge in [-0.2, -0.15) is 0 Å². The van der Waals surface area contributed by atoms with Crippen LogP contribution in [-0.4, -0.2) is 51.6 Å². The quantitative estimate of drug-likeness (QED) is 0.302. The van der Waals surface area contributed by atoms with Crippen LogP contribution in [0.5, 0.6) is 5.75 Å². The number of para-hydroxylation sites is 1. The third kappa shape index (κ3) is 4.67. The number of oxazole rings is 1. The molecular weight excluding hydrogens is 562 g/mol. The number of carboxylic acids is 1. The second-order valence-electron chi connectivity index (χ2n) is 11.5. The minimum atomic E-state index is -1.81. The molecule has 1 aromatic carbocycles. The molecule has 12 heteroatoms. The Bertz CT molecular complexity index is 1740. The first kappa shape index (κ1) is 28.4. The summed E-state index contributed by atoms with van der Waals surface area (Å²) in [5.74, 6) is 0.489. The Kier molecular flexibility index (Phi) is 7.32. The lowest BCUT2D eigenvalue weighted by Gasteiger charge is -2.27. The van der Waals surface area contributed by atoms with Crippen molar-refractivity contribution in [3.8, 4) is 16.5 Å². The fourth-order valence-electron chi connectivity index (χ4n) is 6.23. The molecule has 0 amide bonds. The lowest BCUT2D eigenvalue weighted by Crippen LogP contribution is -2.52. The molecule has 1 saturated heterocycles. The van der Waals surface area contributed by atoms with Gasteiger partial charge in [0.2, 0.25) is 5.89 Å². The molecule has 0 bridgehead atoms. The number of fused-ring (bicyclic) bond motifs is 2. The SMILES string of the molecule is COc1ccccc1[C@@H](Cn1c(=O)n(C(C)(C)C(=O)O)c(=O)c2c(C)c(-c3ncco3)sc21)O[C@H]1C[C@H]2COC[C@H]2C1. The van der Waals surface area contributed by atoms with Gasteiger partial charge < -0.3 is 23.7 Å². The molecule has 1 aliphatic heterocycles. The Balaban J connectivity index is 1.54. The number of aryl methyl sites for hydroxylation is 1. The van der Waals surface area contributed by atoms with Crippen LogP contribution in [0.1, 0.15) is 43.9 Å². The zero-order chi connectivity index (χ0) is 29.8. The molecule has 4 atom stereocenters. The van der Waals surface area contributed by atoms with Crippen molar-refractivity contribution in [2.75, 3.05) is 20.3 Å². The van der Waals surface area contributed by atoms with E-state index in [4.69, 9.17) is 18.6 Å². The van der Waals surface area contributed by atoms with E-state index < -0.39 is 28.9 Å². The van der Waals surface area contributed by atoms with Crippen LogP contribution in [0.25, 0.3) is 21.0 Å². The highest BCUT2D eigenvalue weighted by Gasteiger charge is 2.41. The number of rotatable bonds is 9. The maximum absolute atomic E-state index is 14.2. The molecule has 3 aromatic heterocycles. The van der Waals surface area contributed by atoms with Crippen LogP contribution in [0.15, 0.2) is 50.7 Å². The van der Waals surface area contributed by atoms with E-state index in [-0.39, 0.29) is 18.0 Å². The van der Waals surface area contributed by atoms with Gasteiger partial charge in [0.25, 0.3) is 5.56 Å². The molecule has 0 spiro atoms. The van der Waals surface area contributed by atoms with E-state index in [0.29, 0.717) is 38.7 Å². The third-order valence-corrected chi connectivity index (χ3v) is 9.88. The summed E-state index contributed by atoms with van der Waals surface area (Å²) in [4.78, 5) is 45.6. The minimum absolute atomic E-state index is 0.0268. The molecule has 2 aliphatic rings. The van der Waals surface area contributed by atoms with Gasteiger partial charge in [0.1, 0.15) is 28.5 Å². The lowest BCUT2D eigenvalue weighted by atomic mass is 10.0. The molecule has 2 fully saturated rings. The normalized spacial score (nSPS) is 21.1. The van der Waals surface area contributed by atoms with Crippen molar-refractivity contribution in [2.45, 2.75) is 57.9 Å². The van der Waals surface area contributed by atoms with E-state index in [9.17, 15) is 19.5 Å². The number of carboxylic acid groups (broad SMARTS) is 1. The van der Waals surface area contributed by atoms with Crippen LogP contribution in [0.3, 0.4) is 0 Å². The first-order valence-electron chi connectivity index (χ1n) is 13.9. The van der Waals surface area contributed by atoms with Gasteiger partial charge in [-0.05, 0) is 57.1 Å². The Hall–Kier alpha value is -3.74. The average molecular weight is 596 g/mol. The molecule has 222 valence electrons. The van der Waals surface area contributed by atoms with E-state index >= 15 is 0 Å². The molecular formula is C30H33N3O8S. The van der Waals surface area contributed by atoms with Gasteiger partial charge in [-0.1, -0.05) is 18.2 Å². The van der Waals surface area contributed by atoms with E-state index in [0.717, 1.165) is 36.2 Å². The van der Waals surface area contributed by atoms with E-state index in [1.807, 2.05) is 24.3 Å². The van der Waals surface area contributed by atoms with E-state index in [1.54, 1.807) is 14.0 Å². The Morgan fingerprint density at radius 3 is 2.57 bits per heavy atom. The standard InChI is InChI=1S/C30H33N3O8S/c1-16-23-26(34)33(30(2,3)28(35)36)29(37)32(27(23)42-24(16)25-31-9-10-40-25)13-22(20-7-5-6-8-21(20)38-4)41-19-11-17-14-39-15-18(17)12-19/h5-10,17-19,22H,11-15H2,1-4H3,(H,35,36)/t17-,18+,19-,22-/m1/s1. The van der Waals surface area contributed by atoms with Gasteiger partial charge in [-0.3, -0.25) is 9.36 Å². The summed E-state index contributed by atoms with van der Waals surface area (Å²) in [7, 11) is 1.58. The van der Waals surface area contributed by atoms with Gasteiger partial charge in [0.05, 0.1) is 36.2 Å². The van der Waals surface area contributed by atoms with Crippen molar-refractivity contribution in [1.82, 2.24) is 14.1 Å².